The number of anilines is 1. The lowest BCUT2D eigenvalue weighted by Gasteiger charge is -2.40. The van der Waals surface area contributed by atoms with E-state index in [1.54, 1.807) is 32.0 Å². The van der Waals surface area contributed by atoms with Gasteiger partial charge in [-0.05, 0) is 92.9 Å². The Morgan fingerprint density at radius 2 is 1.98 bits per heavy atom. The monoisotopic (exact) mass is 644 g/mol. The molecule has 0 radical (unpaired) electrons. The highest BCUT2D eigenvalue weighted by Gasteiger charge is 2.37. The third-order valence-electron chi connectivity index (χ3n) is 10.3. The normalized spacial score (nSPS) is 34.9. The summed E-state index contributed by atoms with van der Waals surface area (Å²) in [5.74, 6) is -0.659. The van der Waals surface area contributed by atoms with Crippen molar-refractivity contribution in [3.63, 3.8) is 0 Å². The number of benzene rings is 1. The van der Waals surface area contributed by atoms with Crippen molar-refractivity contribution in [2.75, 3.05) is 24.6 Å². The summed E-state index contributed by atoms with van der Waals surface area (Å²) in [5.41, 5.74) is 0.802. The minimum atomic E-state index is -4.02. The van der Waals surface area contributed by atoms with E-state index in [9.17, 15) is 23.1 Å². The number of carboxylic acid groups (broad SMARTS) is 1. The van der Waals surface area contributed by atoms with Crippen molar-refractivity contribution < 1.29 is 27.9 Å². The van der Waals surface area contributed by atoms with E-state index in [4.69, 9.17) is 16.3 Å². The molecule has 8 nitrogen and oxygen atoms in total. The van der Waals surface area contributed by atoms with Gasteiger partial charge in [0.2, 0.25) is 10.0 Å². The fourth-order valence-corrected chi connectivity index (χ4v) is 8.51. The van der Waals surface area contributed by atoms with Crippen LogP contribution in [0.15, 0.2) is 53.6 Å². The van der Waals surface area contributed by atoms with Crippen LogP contribution in [0.2, 0.25) is 0 Å². The molecule has 2 aliphatic heterocycles. The first kappa shape index (κ1) is 32.6. The van der Waals surface area contributed by atoms with Crippen LogP contribution < -0.4 is 14.4 Å². The molecule has 7 atom stereocenters. The Morgan fingerprint density at radius 1 is 1.18 bits per heavy atom. The number of allylic oxidation sites excluding steroid dienone is 5. The maximum atomic E-state index is 13.4. The van der Waals surface area contributed by atoms with E-state index >= 15 is 0 Å². The van der Waals surface area contributed by atoms with Gasteiger partial charge < -0.3 is 14.7 Å². The standard InChI is InChI=1S/C34H45ClN2O6S/c1-22-16-24(17-32(38)39)7-8-25-9-10-27(25)20-37-15-5-4-6-28-19-29(35)13-14-34(28,3)21-43-31-12-11-26(18-30(31)37)33(40)36-44(41,42)23(22)2/h7-8,11-14,18-19,22-25,27-28H,4-6,9-10,15-17,20-21H2,1-3H3,(H,36,40)(H,38,39)/b8-7+/t22-,23+,24+,25+,27-,28?,34?/m0/s1. The molecule has 2 N–H and O–H groups in total. The highest BCUT2D eigenvalue weighted by atomic mass is 35.5. The molecular weight excluding hydrogens is 600 g/mol. The van der Waals surface area contributed by atoms with Gasteiger partial charge in [0.25, 0.3) is 5.91 Å². The Hall–Kier alpha value is -2.78. The van der Waals surface area contributed by atoms with E-state index < -0.39 is 27.1 Å². The topological polar surface area (TPSA) is 113 Å². The number of rotatable bonds is 2. The molecule has 1 aromatic carbocycles. The van der Waals surface area contributed by atoms with Gasteiger partial charge >= 0.3 is 5.97 Å². The quantitative estimate of drug-likeness (QED) is 0.352. The first-order chi connectivity index (χ1) is 20.8. The molecule has 2 aliphatic carbocycles. The minimum Gasteiger partial charge on any atom is -0.490 e. The van der Waals surface area contributed by atoms with E-state index in [2.05, 4.69) is 34.8 Å². The van der Waals surface area contributed by atoms with Crippen LogP contribution in [0.25, 0.3) is 0 Å². The number of sulfonamides is 1. The highest BCUT2D eigenvalue weighted by molar-refractivity contribution is 7.90. The largest absolute Gasteiger partial charge is 0.490 e. The first-order valence-electron chi connectivity index (χ1n) is 15.9. The Labute approximate surface area is 266 Å². The zero-order chi connectivity index (χ0) is 31.6. The lowest BCUT2D eigenvalue weighted by atomic mass is 9.72. The molecule has 0 saturated heterocycles. The third-order valence-corrected chi connectivity index (χ3v) is 12.5. The molecule has 4 aliphatic rings. The number of halogens is 1. The van der Waals surface area contributed by atoms with E-state index in [0.29, 0.717) is 30.6 Å². The second kappa shape index (κ2) is 13.3. The van der Waals surface area contributed by atoms with Crippen molar-refractivity contribution >= 4 is 39.2 Å². The van der Waals surface area contributed by atoms with E-state index in [1.165, 1.54) is 0 Å². The SMILES string of the molecule is C[C@@H]1[C@@H](C)C[C@H](CC(=O)O)/C=C/[C@@H]2CC[C@H]2CN2CCCCC3C=C(Cl)C=CC3(C)COc3ccc(cc32)C(=O)NS1(=O)=O. The van der Waals surface area contributed by atoms with E-state index in [0.717, 1.165) is 55.9 Å². The molecule has 0 aromatic heterocycles. The van der Waals surface area contributed by atoms with Crippen LogP contribution in [-0.2, 0) is 14.8 Å². The molecule has 10 heteroatoms. The molecule has 0 spiro atoms. The smallest absolute Gasteiger partial charge is 0.303 e. The molecule has 44 heavy (non-hydrogen) atoms. The molecule has 2 bridgehead atoms. The number of nitrogens with zero attached hydrogens (tertiary/aromatic N) is 1. The molecule has 1 aromatic rings. The van der Waals surface area contributed by atoms with E-state index in [1.807, 2.05) is 12.2 Å². The number of aliphatic carboxylic acids is 1. The summed E-state index contributed by atoms with van der Waals surface area (Å²) in [6.45, 7) is 7.53. The summed E-state index contributed by atoms with van der Waals surface area (Å²) < 4.78 is 35.5. The second-order valence-electron chi connectivity index (χ2n) is 13.5. The van der Waals surface area contributed by atoms with Gasteiger partial charge in [-0.25, -0.2) is 13.1 Å². The van der Waals surface area contributed by atoms with Gasteiger partial charge in [0.15, 0.2) is 0 Å². The van der Waals surface area contributed by atoms with Crippen molar-refractivity contribution in [3.8, 4) is 5.75 Å². The van der Waals surface area contributed by atoms with Crippen LogP contribution in [0.1, 0.15) is 76.1 Å². The summed E-state index contributed by atoms with van der Waals surface area (Å²) in [6.07, 6.45) is 15.7. The lowest BCUT2D eigenvalue weighted by molar-refractivity contribution is -0.137. The van der Waals surface area contributed by atoms with Crippen molar-refractivity contribution in [1.82, 2.24) is 4.72 Å². The summed E-state index contributed by atoms with van der Waals surface area (Å²) >= 11 is 6.40. The number of carbonyl (C=O) groups is 2. The van der Waals surface area contributed by atoms with Gasteiger partial charge in [-0.3, -0.25) is 9.59 Å². The number of amides is 1. The first-order valence-corrected chi connectivity index (χ1v) is 17.8. The average Bonchev–Trinajstić information content (AvgIpc) is 2.97. The van der Waals surface area contributed by atoms with Crippen LogP contribution in [0.3, 0.4) is 0 Å². The van der Waals surface area contributed by atoms with Crippen molar-refractivity contribution in [3.05, 3.63) is 59.2 Å². The highest BCUT2D eigenvalue weighted by Crippen LogP contribution is 2.43. The molecule has 1 saturated carbocycles. The van der Waals surface area contributed by atoms with Crippen LogP contribution >= 0.6 is 11.6 Å². The number of hydrogen-bond donors (Lipinski definition) is 2. The number of nitrogens with one attached hydrogen (secondary N) is 1. The molecular formula is C34H45ClN2O6S. The van der Waals surface area contributed by atoms with Crippen molar-refractivity contribution in [1.29, 1.82) is 0 Å². The molecule has 2 unspecified atom stereocenters. The van der Waals surface area contributed by atoms with Gasteiger partial charge in [0.05, 0.1) is 24.0 Å². The van der Waals surface area contributed by atoms with E-state index in [-0.39, 0.29) is 35.2 Å². The average molecular weight is 645 g/mol. The molecule has 5 rings (SSSR count). The number of carbonyl (C=O) groups excluding carboxylic acids is 1. The Bertz CT molecular complexity index is 1460. The fraction of sp³-hybridized carbons (Fsp3) is 0.588. The number of ether oxygens (including phenoxy) is 1. The second-order valence-corrected chi connectivity index (χ2v) is 16.0. The van der Waals surface area contributed by atoms with Gasteiger partial charge in [-0.15, -0.1) is 0 Å². The maximum absolute atomic E-state index is 13.4. The predicted molar refractivity (Wildman–Crippen MR) is 173 cm³/mol. The minimum absolute atomic E-state index is 0.0652. The summed E-state index contributed by atoms with van der Waals surface area (Å²) in [7, 11) is -4.02. The Kier molecular flexibility index (Phi) is 9.85. The molecule has 1 amide bonds. The van der Waals surface area contributed by atoms with Crippen LogP contribution in [0.5, 0.6) is 5.75 Å². The van der Waals surface area contributed by atoms with Crippen molar-refractivity contribution in [2.45, 2.75) is 71.0 Å². The molecule has 2 heterocycles. The van der Waals surface area contributed by atoms with Crippen LogP contribution in [0.4, 0.5) is 5.69 Å². The summed E-state index contributed by atoms with van der Waals surface area (Å²) in [6, 6.07) is 5.20. The number of hydrogen-bond acceptors (Lipinski definition) is 6. The van der Waals surface area contributed by atoms with Crippen LogP contribution in [-0.4, -0.2) is 50.3 Å². The van der Waals surface area contributed by atoms with Gasteiger partial charge in [-0.1, -0.05) is 56.2 Å². The fourth-order valence-electron chi connectivity index (χ4n) is 7.01. The number of fused-ring (bicyclic) bond motifs is 3. The summed E-state index contributed by atoms with van der Waals surface area (Å²) in [5, 5.41) is 9.43. The lowest BCUT2D eigenvalue weighted by Crippen LogP contribution is -2.41. The third kappa shape index (κ3) is 7.36. The Balaban J connectivity index is 1.53. The predicted octanol–water partition coefficient (Wildman–Crippen LogP) is 6.53. The Morgan fingerprint density at radius 3 is 2.70 bits per heavy atom. The van der Waals surface area contributed by atoms with Crippen molar-refractivity contribution in [2.24, 2.45) is 35.0 Å². The number of carboxylic acids is 1. The van der Waals surface area contributed by atoms with Gasteiger partial charge in [0, 0.05) is 29.1 Å². The van der Waals surface area contributed by atoms with Crippen LogP contribution in [0, 0.1) is 35.0 Å². The maximum Gasteiger partial charge on any atom is 0.303 e. The molecule has 1 fully saturated rings. The zero-order valence-electron chi connectivity index (χ0n) is 25.9. The summed E-state index contributed by atoms with van der Waals surface area (Å²) in [4.78, 5) is 27.4. The van der Waals surface area contributed by atoms with Gasteiger partial charge in [0.1, 0.15) is 5.75 Å². The zero-order valence-corrected chi connectivity index (χ0v) is 27.4. The molecule has 240 valence electrons. The van der Waals surface area contributed by atoms with Gasteiger partial charge in [-0.2, -0.15) is 0 Å².